The van der Waals surface area contributed by atoms with E-state index in [1.807, 2.05) is 6.92 Å². The van der Waals surface area contributed by atoms with Gasteiger partial charge in [0.1, 0.15) is 6.33 Å². The van der Waals surface area contributed by atoms with Gasteiger partial charge in [0.05, 0.1) is 0 Å². The fraction of sp³-hybridized carbons (Fsp3) is 0.714. The van der Waals surface area contributed by atoms with Crippen molar-refractivity contribution < 1.29 is 0 Å². The first-order valence-corrected chi connectivity index (χ1v) is 4.00. The Morgan fingerprint density at radius 2 is 2.36 bits per heavy atom. The monoisotopic (exact) mass is 154 g/mol. The lowest BCUT2D eigenvalue weighted by molar-refractivity contribution is 0.659. The molecule has 4 heteroatoms. The summed E-state index contributed by atoms with van der Waals surface area (Å²) in [6.07, 6.45) is 2.83. The standard InChI is InChI=1S/C7H14N4/c1-3-5-8-7-9-6-11(4-2)10-7/h6H,3-5H2,1-2H3,(H,8,10). The number of nitrogens with one attached hydrogen (secondary N) is 1. The summed E-state index contributed by atoms with van der Waals surface area (Å²) in [4.78, 5) is 4.07. The quantitative estimate of drug-likeness (QED) is 0.706. The second kappa shape index (κ2) is 3.95. The van der Waals surface area contributed by atoms with Crippen LogP contribution in [0, 0.1) is 0 Å². The van der Waals surface area contributed by atoms with E-state index < -0.39 is 0 Å². The van der Waals surface area contributed by atoms with Crippen LogP contribution in [-0.2, 0) is 6.54 Å². The minimum atomic E-state index is 0.730. The first kappa shape index (κ1) is 8.04. The lowest BCUT2D eigenvalue weighted by Gasteiger charge is -1.95. The highest BCUT2D eigenvalue weighted by Crippen LogP contribution is 1.95. The zero-order valence-corrected chi connectivity index (χ0v) is 7.04. The van der Waals surface area contributed by atoms with Gasteiger partial charge in [-0.2, -0.15) is 0 Å². The highest BCUT2D eigenvalue weighted by molar-refractivity contribution is 5.20. The average Bonchev–Trinajstić information content (AvgIpc) is 2.48. The normalized spacial score (nSPS) is 10.0. The van der Waals surface area contributed by atoms with Crippen molar-refractivity contribution in [2.45, 2.75) is 26.8 Å². The van der Waals surface area contributed by atoms with Gasteiger partial charge in [-0.1, -0.05) is 6.92 Å². The molecule has 1 aromatic rings. The molecule has 0 bridgehead atoms. The maximum Gasteiger partial charge on any atom is 0.242 e. The predicted molar refractivity (Wildman–Crippen MR) is 44.5 cm³/mol. The molecular formula is C7H14N4. The molecule has 0 unspecified atom stereocenters. The van der Waals surface area contributed by atoms with Gasteiger partial charge in [-0.05, 0) is 13.3 Å². The molecule has 1 heterocycles. The zero-order chi connectivity index (χ0) is 8.10. The van der Waals surface area contributed by atoms with Crippen molar-refractivity contribution >= 4 is 5.95 Å². The van der Waals surface area contributed by atoms with Gasteiger partial charge < -0.3 is 5.32 Å². The van der Waals surface area contributed by atoms with Crippen molar-refractivity contribution in [2.75, 3.05) is 11.9 Å². The Hall–Kier alpha value is -1.06. The maximum atomic E-state index is 4.16. The van der Waals surface area contributed by atoms with Crippen LogP contribution in [0.1, 0.15) is 20.3 Å². The molecule has 0 aliphatic heterocycles. The third-order valence-electron chi connectivity index (χ3n) is 1.39. The van der Waals surface area contributed by atoms with Gasteiger partial charge in [-0.15, -0.1) is 5.10 Å². The molecule has 0 aliphatic rings. The van der Waals surface area contributed by atoms with E-state index in [2.05, 4.69) is 22.3 Å². The molecule has 0 aromatic carbocycles. The fourth-order valence-electron chi connectivity index (χ4n) is 0.765. The second-order valence-corrected chi connectivity index (χ2v) is 2.35. The van der Waals surface area contributed by atoms with Gasteiger partial charge in [0.2, 0.25) is 5.95 Å². The van der Waals surface area contributed by atoms with Crippen molar-refractivity contribution in [3.05, 3.63) is 6.33 Å². The van der Waals surface area contributed by atoms with Gasteiger partial charge in [0.25, 0.3) is 0 Å². The molecule has 0 aliphatic carbocycles. The van der Waals surface area contributed by atoms with Crippen LogP contribution in [-0.4, -0.2) is 21.3 Å². The van der Waals surface area contributed by atoms with E-state index in [9.17, 15) is 0 Å². The summed E-state index contributed by atoms with van der Waals surface area (Å²) in [6.45, 7) is 5.97. The first-order valence-electron chi connectivity index (χ1n) is 4.00. The predicted octanol–water partition coefficient (Wildman–Crippen LogP) is 1.12. The van der Waals surface area contributed by atoms with Crippen LogP contribution in [0.4, 0.5) is 5.95 Å². The summed E-state index contributed by atoms with van der Waals surface area (Å²) in [5.74, 6) is 0.730. The van der Waals surface area contributed by atoms with E-state index in [0.717, 1.165) is 25.5 Å². The smallest absolute Gasteiger partial charge is 0.242 e. The molecule has 0 fully saturated rings. The van der Waals surface area contributed by atoms with Crippen molar-refractivity contribution in [3.8, 4) is 0 Å². The summed E-state index contributed by atoms with van der Waals surface area (Å²) in [5.41, 5.74) is 0. The third kappa shape index (κ3) is 2.22. The number of anilines is 1. The van der Waals surface area contributed by atoms with E-state index in [0.29, 0.717) is 0 Å². The van der Waals surface area contributed by atoms with Crippen LogP contribution >= 0.6 is 0 Å². The lowest BCUT2D eigenvalue weighted by atomic mass is 10.5. The number of aromatic nitrogens is 3. The van der Waals surface area contributed by atoms with Crippen molar-refractivity contribution in [1.29, 1.82) is 0 Å². The Balaban J connectivity index is 2.44. The van der Waals surface area contributed by atoms with Crippen LogP contribution in [0.5, 0.6) is 0 Å². The minimum Gasteiger partial charge on any atom is -0.353 e. The van der Waals surface area contributed by atoms with Crippen LogP contribution in [0.2, 0.25) is 0 Å². The van der Waals surface area contributed by atoms with Gasteiger partial charge in [0, 0.05) is 13.1 Å². The molecule has 11 heavy (non-hydrogen) atoms. The Kier molecular flexibility index (Phi) is 2.89. The van der Waals surface area contributed by atoms with Gasteiger partial charge in [0.15, 0.2) is 0 Å². The average molecular weight is 154 g/mol. The zero-order valence-electron chi connectivity index (χ0n) is 7.04. The molecule has 0 radical (unpaired) electrons. The number of aryl methyl sites for hydroxylation is 1. The van der Waals surface area contributed by atoms with Crippen LogP contribution in [0.25, 0.3) is 0 Å². The topological polar surface area (TPSA) is 42.7 Å². The Labute approximate surface area is 66.6 Å². The molecule has 0 saturated heterocycles. The van der Waals surface area contributed by atoms with E-state index in [1.165, 1.54) is 0 Å². The molecule has 1 aromatic heterocycles. The molecule has 0 atom stereocenters. The number of hydrogen-bond acceptors (Lipinski definition) is 3. The van der Waals surface area contributed by atoms with Crippen LogP contribution < -0.4 is 5.32 Å². The van der Waals surface area contributed by atoms with Crippen LogP contribution in [0.15, 0.2) is 6.33 Å². The minimum absolute atomic E-state index is 0.730. The molecule has 0 saturated carbocycles. The Morgan fingerprint density at radius 3 is 2.91 bits per heavy atom. The number of nitrogens with zero attached hydrogens (tertiary/aromatic N) is 3. The van der Waals surface area contributed by atoms with Gasteiger partial charge in [-0.3, -0.25) is 4.68 Å². The van der Waals surface area contributed by atoms with E-state index in [4.69, 9.17) is 0 Å². The molecule has 0 spiro atoms. The van der Waals surface area contributed by atoms with Crippen molar-refractivity contribution in [1.82, 2.24) is 14.8 Å². The lowest BCUT2D eigenvalue weighted by Crippen LogP contribution is -2.02. The highest BCUT2D eigenvalue weighted by Gasteiger charge is 1.95. The Bertz CT molecular complexity index is 206. The van der Waals surface area contributed by atoms with Gasteiger partial charge >= 0.3 is 0 Å². The summed E-state index contributed by atoms with van der Waals surface area (Å²) in [5, 5.41) is 7.27. The SMILES string of the molecule is CCCNc1ncn(CC)n1. The summed E-state index contributed by atoms with van der Waals surface area (Å²) in [6, 6.07) is 0. The number of rotatable bonds is 4. The molecular weight excluding hydrogens is 140 g/mol. The summed E-state index contributed by atoms with van der Waals surface area (Å²) in [7, 11) is 0. The molecule has 1 rings (SSSR count). The van der Waals surface area contributed by atoms with E-state index >= 15 is 0 Å². The fourth-order valence-corrected chi connectivity index (χ4v) is 0.765. The Morgan fingerprint density at radius 1 is 1.55 bits per heavy atom. The summed E-state index contributed by atoms with van der Waals surface area (Å²) < 4.78 is 1.80. The molecule has 4 nitrogen and oxygen atoms in total. The van der Waals surface area contributed by atoms with Gasteiger partial charge in [-0.25, -0.2) is 4.98 Å². The van der Waals surface area contributed by atoms with E-state index in [1.54, 1.807) is 11.0 Å². The van der Waals surface area contributed by atoms with Crippen LogP contribution in [0.3, 0.4) is 0 Å². The van der Waals surface area contributed by atoms with E-state index in [-0.39, 0.29) is 0 Å². The highest BCUT2D eigenvalue weighted by atomic mass is 15.4. The molecule has 0 amide bonds. The number of hydrogen-bond donors (Lipinski definition) is 1. The summed E-state index contributed by atoms with van der Waals surface area (Å²) >= 11 is 0. The molecule has 1 N–H and O–H groups in total. The van der Waals surface area contributed by atoms with Crippen molar-refractivity contribution in [2.24, 2.45) is 0 Å². The largest absolute Gasteiger partial charge is 0.353 e. The maximum absolute atomic E-state index is 4.16. The third-order valence-corrected chi connectivity index (χ3v) is 1.39. The first-order chi connectivity index (χ1) is 5.36. The van der Waals surface area contributed by atoms with Crippen molar-refractivity contribution in [3.63, 3.8) is 0 Å². The molecule has 62 valence electrons. The second-order valence-electron chi connectivity index (χ2n) is 2.35.